The molecule has 0 aliphatic carbocycles. The fourth-order valence-electron chi connectivity index (χ4n) is 1.56. The molecule has 0 aromatic carbocycles. The molecule has 0 heterocycles. The van der Waals surface area contributed by atoms with E-state index in [1.54, 1.807) is 20.8 Å². The molecule has 0 bridgehead atoms. The van der Waals surface area contributed by atoms with Crippen molar-refractivity contribution < 1.29 is 14.7 Å². The molecule has 94 valence electrons. The smallest absolute Gasteiger partial charge is 0.316 e. The fraction of sp³-hybridized carbons (Fsp3) is 0.833. The second-order valence-electron chi connectivity index (χ2n) is 5.14. The number of rotatable bonds is 6. The van der Waals surface area contributed by atoms with Crippen molar-refractivity contribution in [1.82, 2.24) is 5.32 Å². The molecular formula is C12H23NO3. The molecule has 0 rings (SSSR count). The van der Waals surface area contributed by atoms with Crippen LogP contribution in [-0.2, 0) is 9.59 Å². The summed E-state index contributed by atoms with van der Waals surface area (Å²) < 4.78 is 0. The minimum atomic E-state index is -1.06. The van der Waals surface area contributed by atoms with Crippen molar-refractivity contribution in [3.05, 3.63) is 0 Å². The summed E-state index contributed by atoms with van der Waals surface area (Å²) in [6, 6.07) is 0. The molecule has 0 aromatic heterocycles. The van der Waals surface area contributed by atoms with E-state index >= 15 is 0 Å². The monoisotopic (exact) mass is 229 g/mol. The lowest BCUT2D eigenvalue weighted by Crippen LogP contribution is -2.43. The highest BCUT2D eigenvalue weighted by molar-refractivity contribution is 5.97. The molecule has 0 saturated heterocycles. The highest BCUT2D eigenvalue weighted by Gasteiger charge is 2.37. The van der Waals surface area contributed by atoms with Gasteiger partial charge in [-0.15, -0.1) is 0 Å². The standard InChI is InChI=1S/C12H23NO3/c1-5-6-7-8-13-10(14)9(11(15)16)12(2,3)4/h9H,5-8H2,1-4H3,(H,13,14)(H,15,16). The minimum Gasteiger partial charge on any atom is -0.481 e. The van der Waals surface area contributed by atoms with Crippen molar-refractivity contribution in [3.63, 3.8) is 0 Å². The van der Waals surface area contributed by atoms with Gasteiger partial charge in [-0.1, -0.05) is 40.5 Å². The van der Waals surface area contributed by atoms with E-state index in [1.165, 1.54) is 0 Å². The Labute approximate surface area is 97.4 Å². The molecule has 0 aromatic rings. The molecule has 0 fully saturated rings. The lowest BCUT2D eigenvalue weighted by atomic mass is 9.80. The van der Waals surface area contributed by atoms with Gasteiger partial charge >= 0.3 is 5.97 Å². The number of nitrogens with one attached hydrogen (secondary N) is 1. The molecule has 4 nitrogen and oxygen atoms in total. The van der Waals surface area contributed by atoms with Crippen LogP contribution >= 0.6 is 0 Å². The Kier molecular flexibility index (Phi) is 6.08. The largest absolute Gasteiger partial charge is 0.481 e. The van der Waals surface area contributed by atoms with Gasteiger partial charge in [0, 0.05) is 6.54 Å². The Balaban J connectivity index is 4.26. The quantitative estimate of drug-likeness (QED) is 0.541. The summed E-state index contributed by atoms with van der Waals surface area (Å²) >= 11 is 0. The molecule has 0 radical (unpaired) electrons. The van der Waals surface area contributed by atoms with Crippen LogP contribution in [-0.4, -0.2) is 23.5 Å². The normalized spacial score (nSPS) is 13.2. The van der Waals surface area contributed by atoms with Gasteiger partial charge in [0.1, 0.15) is 5.92 Å². The second kappa shape index (κ2) is 6.51. The summed E-state index contributed by atoms with van der Waals surface area (Å²) in [6.45, 7) is 7.93. The summed E-state index contributed by atoms with van der Waals surface area (Å²) in [6.07, 6.45) is 3.03. The van der Waals surface area contributed by atoms with Gasteiger partial charge in [-0.05, 0) is 11.8 Å². The van der Waals surface area contributed by atoms with E-state index in [0.29, 0.717) is 6.54 Å². The van der Waals surface area contributed by atoms with Crippen LogP contribution in [0.25, 0.3) is 0 Å². The summed E-state index contributed by atoms with van der Waals surface area (Å²) in [5.74, 6) is -2.41. The maximum atomic E-state index is 11.7. The number of carbonyl (C=O) groups excluding carboxylic acids is 1. The first-order valence-corrected chi connectivity index (χ1v) is 5.81. The number of carboxylic acid groups (broad SMARTS) is 1. The highest BCUT2D eigenvalue weighted by atomic mass is 16.4. The number of carbonyl (C=O) groups is 2. The molecule has 2 N–H and O–H groups in total. The van der Waals surface area contributed by atoms with Crippen molar-refractivity contribution in [2.75, 3.05) is 6.54 Å². The molecule has 16 heavy (non-hydrogen) atoms. The minimum absolute atomic E-state index is 0.379. The van der Waals surface area contributed by atoms with Crippen LogP contribution in [0, 0.1) is 11.3 Å². The predicted molar refractivity (Wildman–Crippen MR) is 63.1 cm³/mol. The third-order valence-corrected chi connectivity index (χ3v) is 2.45. The molecule has 1 unspecified atom stereocenters. The first-order chi connectivity index (χ1) is 7.30. The molecule has 0 aliphatic rings. The Morgan fingerprint density at radius 2 is 1.81 bits per heavy atom. The first-order valence-electron chi connectivity index (χ1n) is 5.81. The van der Waals surface area contributed by atoms with Gasteiger partial charge in [0.15, 0.2) is 0 Å². The van der Waals surface area contributed by atoms with Crippen molar-refractivity contribution >= 4 is 11.9 Å². The molecule has 0 spiro atoms. The van der Waals surface area contributed by atoms with Gasteiger partial charge in [-0.3, -0.25) is 9.59 Å². The molecule has 0 saturated carbocycles. The number of hydrogen-bond acceptors (Lipinski definition) is 2. The van der Waals surface area contributed by atoms with E-state index in [2.05, 4.69) is 12.2 Å². The van der Waals surface area contributed by atoms with Crippen LogP contribution in [0.1, 0.15) is 47.0 Å². The van der Waals surface area contributed by atoms with Crippen LogP contribution in [0.3, 0.4) is 0 Å². The maximum Gasteiger partial charge on any atom is 0.316 e. The van der Waals surface area contributed by atoms with E-state index in [4.69, 9.17) is 5.11 Å². The van der Waals surface area contributed by atoms with Gasteiger partial charge in [0.2, 0.25) is 5.91 Å². The van der Waals surface area contributed by atoms with Crippen LogP contribution in [0.2, 0.25) is 0 Å². The summed E-state index contributed by atoms with van der Waals surface area (Å²) in [5.41, 5.74) is -0.555. The lowest BCUT2D eigenvalue weighted by molar-refractivity contribution is -0.151. The van der Waals surface area contributed by atoms with Crippen molar-refractivity contribution in [2.45, 2.75) is 47.0 Å². The second-order valence-corrected chi connectivity index (χ2v) is 5.14. The number of unbranched alkanes of at least 4 members (excludes halogenated alkanes) is 2. The highest BCUT2D eigenvalue weighted by Crippen LogP contribution is 2.26. The van der Waals surface area contributed by atoms with E-state index in [0.717, 1.165) is 19.3 Å². The molecule has 0 aliphatic heterocycles. The SMILES string of the molecule is CCCCCNC(=O)C(C(=O)O)C(C)(C)C. The third-order valence-electron chi connectivity index (χ3n) is 2.45. The van der Waals surface area contributed by atoms with E-state index in [-0.39, 0.29) is 5.91 Å². The average Bonchev–Trinajstić information content (AvgIpc) is 2.09. The Hall–Kier alpha value is -1.06. The van der Waals surface area contributed by atoms with Gasteiger partial charge in [-0.2, -0.15) is 0 Å². The van der Waals surface area contributed by atoms with Crippen molar-refractivity contribution in [2.24, 2.45) is 11.3 Å². The maximum absolute atomic E-state index is 11.7. The van der Waals surface area contributed by atoms with E-state index in [1.807, 2.05) is 0 Å². The molecule has 1 atom stereocenters. The zero-order chi connectivity index (χ0) is 12.8. The van der Waals surface area contributed by atoms with Gasteiger partial charge < -0.3 is 10.4 Å². The van der Waals surface area contributed by atoms with Crippen LogP contribution in [0.4, 0.5) is 0 Å². The number of aliphatic carboxylic acids is 1. The lowest BCUT2D eigenvalue weighted by Gasteiger charge is -2.25. The zero-order valence-electron chi connectivity index (χ0n) is 10.7. The van der Waals surface area contributed by atoms with Crippen LogP contribution in [0.5, 0.6) is 0 Å². The summed E-state index contributed by atoms with van der Waals surface area (Å²) in [4.78, 5) is 22.7. The van der Waals surface area contributed by atoms with E-state index < -0.39 is 17.3 Å². The van der Waals surface area contributed by atoms with Crippen LogP contribution in [0.15, 0.2) is 0 Å². The van der Waals surface area contributed by atoms with Gasteiger partial charge in [-0.25, -0.2) is 0 Å². The van der Waals surface area contributed by atoms with Crippen molar-refractivity contribution in [1.29, 1.82) is 0 Å². The number of carboxylic acids is 1. The molecular weight excluding hydrogens is 206 g/mol. The number of hydrogen-bond donors (Lipinski definition) is 2. The zero-order valence-corrected chi connectivity index (χ0v) is 10.7. The predicted octanol–water partition coefficient (Wildman–Crippen LogP) is 2.04. The topological polar surface area (TPSA) is 66.4 Å². The fourth-order valence-corrected chi connectivity index (χ4v) is 1.56. The number of amides is 1. The van der Waals surface area contributed by atoms with Gasteiger partial charge in [0.05, 0.1) is 0 Å². The molecule has 1 amide bonds. The molecule has 4 heteroatoms. The first kappa shape index (κ1) is 14.9. The summed E-state index contributed by atoms with van der Waals surface area (Å²) in [5, 5.41) is 11.7. The average molecular weight is 229 g/mol. The van der Waals surface area contributed by atoms with E-state index in [9.17, 15) is 9.59 Å². The third kappa shape index (κ3) is 5.14. The van der Waals surface area contributed by atoms with Crippen molar-refractivity contribution in [3.8, 4) is 0 Å². The Bertz CT molecular complexity index is 243. The van der Waals surface area contributed by atoms with Crippen LogP contribution < -0.4 is 5.32 Å². The summed E-state index contributed by atoms with van der Waals surface area (Å²) in [7, 11) is 0. The van der Waals surface area contributed by atoms with Gasteiger partial charge in [0.25, 0.3) is 0 Å². The Morgan fingerprint density at radius 3 is 2.19 bits per heavy atom. The Morgan fingerprint density at radius 1 is 1.25 bits per heavy atom.